The van der Waals surface area contributed by atoms with Gasteiger partial charge in [-0.25, -0.2) is 4.89 Å². The Labute approximate surface area is 82.9 Å². The van der Waals surface area contributed by atoms with Crippen molar-refractivity contribution in [3.8, 4) is 12.1 Å². The predicted octanol–water partition coefficient (Wildman–Crippen LogP) is 0.886. The van der Waals surface area contributed by atoms with Crippen LogP contribution < -0.4 is 5.90 Å². The highest BCUT2D eigenvalue weighted by atomic mass is 17.3. The van der Waals surface area contributed by atoms with Crippen molar-refractivity contribution in [2.75, 3.05) is 0 Å². The van der Waals surface area contributed by atoms with Crippen LogP contribution in [0.3, 0.4) is 0 Å². The van der Waals surface area contributed by atoms with Crippen LogP contribution in [0.25, 0.3) is 0 Å². The highest BCUT2D eigenvalue weighted by Crippen LogP contribution is 2.35. The molecule has 0 amide bonds. The topological polar surface area (TPSA) is 92.1 Å². The van der Waals surface area contributed by atoms with Crippen LogP contribution in [0.15, 0.2) is 0 Å². The van der Waals surface area contributed by atoms with E-state index in [0.717, 1.165) is 0 Å². The van der Waals surface area contributed by atoms with E-state index in [1.807, 2.05) is 6.92 Å². The first-order valence-corrected chi connectivity index (χ1v) is 4.54. The smallest absolute Gasteiger partial charge is 0.0975 e. The maximum atomic E-state index is 8.87. The molecule has 0 aromatic rings. The highest BCUT2D eigenvalue weighted by Gasteiger charge is 2.36. The van der Waals surface area contributed by atoms with E-state index in [4.69, 9.17) is 21.3 Å². The molecular formula is C9H13N3O2. The lowest BCUT2D eigenvalue weighted by Crippen LogP contribution is -2.34. The monoisotopic (exact) mass is 195 g/mol. The summed E-state index contributed by atoms with van der Waals surface area (Å²) in [5.41, 5.74) is 0. The molecule has 1 rings (SSSR count). The van der Waals surface area contributed by atoms with Gasteiger partial charge in [0.05, 0.1) is 30.1 Å². The standard InChI is InChI=1S/C9H13N3O2/c1-6-7(4-10)2-9(13-14-12)3-8(6)5-11/h6-9H,2-3,12H2,1H3. The third-order valence-corrected chi connectivity index (χ3v) is 2.83. The molecule has 2 atom stereocenters. The lowest BCUT2D eigenvalue weighted by atomic mass is 9.73. The Hall–Kier alpha value is -1.14. The van der Waals surface area contributed by atoms with Gasteiger partial charge in [0, 0.05) is 0 Å². The van der Waals surface area contributed by atoms with Gasteiger partial charge in [-0.1, -0.05) is 6.92 Å². The molecule has 1 saturated carbocycles. The van der Waals surface area contributed by atoms with Crippen molar-refractivity contribution in [2.45, 2.75) is 25.9 Å². The van der Waals surface area contributed by atoms with Gasteiger partial charge >= 0.3 is 0 Å². The summed E-state index contributed by atoms with van der Waals surface area (Å²) in [6.07, 6.45) is 0.908. The zero-order chi connectivity index (χ0) is 10.6. The van der Waals surface area contributed by atoms with Gasteiger partial charge in [0.25, 0.3) is 0 Å². The Balaban J connectivity index is 2.65. The number of nitriles is 2. The molecule has 14 heavy (non-hydrogen) atoms. The maximum Gasteiger partial charge on any atom is 0.0975 e. The van der Waals surface area contributed by atoms with Crippen molar-refractivity contribution in [1.82, 2.24) is 0 Å². The van der Waals surface area contributed by atoms with Crippen LogP contribution in [0.5, 0.6) is 0 Å². The SMILES string of the molecule is CC1C(C#N)CC(OON)CC1C#N. The molecule has 1 fully saturated rings. The van der Waals surface area contributed by atoms with E-state index in [2.05, 4.69) is 17.1 Å². The van der Waals surface area contributed by atoms with E-state index >= 15 is 0 Å². The van der Waals surface area contributed by atoms with Gasteiger partial charge in [0.2, 0.25) is 0 Å². The second kappa shape index (κ2) is 4.92. The molecule has 0 heterocycles. The van der Waals surface area contributed by atoms with Gasteiger partial charge in [0.1, 0.15) is 0 Å². The summed E-state index contributed by atoms with van der Waals surface area (Å²) in [6.45, 7) is 1.92. The molecule has 0 saturated heterocycles. The minimum atomic E-state index is -0.245. The summed E-state index contributed by atoms with van der Waals surface area (Å²) in [5.74, 6) is 4.55. The first kappa shape index (κ1) is 10.9. The number of nitrogens with two attached hydrogens (primary N) is 1. The van der Waals surface area contributed by atoms with Gasteiger partial charge in [-0.3, -0.25) is 0 Å². The quantitative estimate of drug-likeness (QED) is 0.521. The van der Waals surface area contributed by atoms with Crippen LogP contribution >= 0.6 is 0 Å². The van der Waals surface area contributed by atoms with Crippen molar-refractivity contribution in [1.29, 1.82) is 10.5 Å². The Kier molecular flexibility index (Phi) is 3.84. The fourth-order valence-electron chi connectivity index (χ4n) is 1.87. The zero-order valence-electron chi connectivity index (χ0n) is 8.01. The normalized spacial score (nSPS) is 37.1. The Morgan fingerprint density at radius 3 is 2.07 bits per heavy atom. The summed E-state index contributed by atoms with van der Waals surface area (Å²) in [7, 11) is 0. The number of hydrogen-bond acceptors (Lipinski definition) is 5. The van der Waals surface area contributed by atoms with Crippen LogP contribution in [0.4, 0.5) is 0 Å². The zero-order valence-corrected chi connectivity index (χ0v) is 8.01. The number of hydrogen-bond donors (Lipinski definition) is 1. The van der Waals surface area contributed by atoms with Crippen LogP contribution in [0.1, 0.15) is 19.8 Å². The molecular weight excluding hydrogens is 182 g/mol. The van der Waals surface area contributed by atoms with Gasteiger partial charge in [-0.05, 0) is 18.8 Å². The van der Waals surface area contributed by atoms with E-state index in [1.165, 1.54) is 0 Å². The summed E-state index contributed by atoms with van der Waals surface area (Å²) in [4.78, 5) is 8.85. The summed E-state index contributed by atoms with van der Waals surface area (Å²) >= 11 is 0. The fraction of sp³-hybridized carbons (Fsp3) is 0.778. The predicted molar refractivity (Wildman–Crippen MR) is 46.7 cm³/mol. The minimum Gasteiger partial charge on any atom is -0.215 e. The Morgan fingerprint density at radius 1 is 1.21 bits per heavy atom. The van der Waals surface area contributed by atoms with Gasteiger partial charge in [-0.15, -0.1) is 4.99 Å². The van der Waals surface area contributed by atoms with Gasteiger partial charge in [0.15, 0.2) is 0 Å². The molecule has 0 spiro atoms. The van der Waals surface area contributed by atoms with Crippen molar-refractivity contribution in [3.05, 3.63) is 0 Å². The molecule has 0 radical (unpaired) electrons. The summed E-state index contributed by atoms with van der Waals surface area (Å²) in [6, 6.07) is 4.36. The van der Waals surface area contributed by atoms with E-state index in [9.17, 15) is 0 Å². The van der Waals surface area contributed by atoms with E-state index in [1.54, 1.807) is 0 Å². The minimum absolute atomic E-state index is 0.0858. The third kappa shape index (κ3) is 2.21. The van der Waals surface area contributed by atoms with Crippen molar-refractivity contribution in [3.63, 3.8) is 0 Å². The second-order valence-corrected chi connectivity index (χ2v) is 3.62. The van der Waals surface area contributed by atoms with Crippen LogP contribution in [-0.4, -0.2) is 6.10 Å². The van der Waals surface area contributed by atoms with Gasteiger partial charge < -0.3 is 0 Å². The van der Waals surface area contributed by atoms with Crippen molar-refractivity contribution in [2.24, 2.45) is 23.7 Å². The molecule has 0 bridgehead atoms. The molecule has 0 aliphatic heterocycles. The van der Waals surface area contributed by atoms with E-state index in [-0.39, 0.29) is 23.9 Å². The highest BCUT2D eigenvalue weighted by molar-refractivity contribution is 5.01. The second-order valence-electron chi connectivity index (χ2n) is 3.62. The van der Waals surface area contributed by atoms with E-state index < -0.39 is 0 Å². The van der Waals surface area contributed by atoms with E-state index in [0.29, 0.717) is 12.8 Å². The average molecular weight is 195 g/mol. The molecule has 1 aliphatic rings. The molecule has 0 aromatic carbocycles. The van der Waals surface area contributed by atoms with Crippen molar-refractivity contribution >= 4 is 0 Å². The average Bonchev–Trinajstić information content (AvgIpc) is 2.20. The Bertz CT molecular complexity index is 244. The molecule has 0 aromatic heterocycles. The Morgan fingerprint density at radius 2 is 1.71 bits per heavy atom. The lowest BCUT2D eigenvalue weighted by molar-refractivity contribution is -0.337. The van der Waals surface area contributed by atoms with Crippen LogP contribution in [0.2, 0.25) is 0 Å². The largest absolute Gasteiger partial charge is 0.215 e. The number of nitrogens with zero attached hydrogens (tertiary/aromatic N) is 2. The molecule has 76 valence electrons. The summed E-state index contributed by atoms with van der Waals surface area (Å²) < 4.78 is 0. The van der Waals surface area contributed by atoms with Crippen LogP contribution in [0, 0.1) is 40.4 Å². The maximum absolute atomic E-state index is 8.87. The fourth-order valence-corrected chi connectivity index (χ4v) is 1.87. The molecule has 2 unspecified atom stereocenters. The summed E-state index contributed by atoms with van der Waals surface area (Å²) in [5, 5.41) is 17.7. The first-order valence-electron chi connectivity index (χ1n) is 4.54. The molecule has 1 aliphatic carbocycles. The molecule has 5 nitrogen and oxygen atoms in total. The van der Waals surface area contributed by atoms with Gasteiger partial charge in [-0.2, -0.15) is 16.4 Å². The lowest BCUT2D eigenvalue weighted by Gasteiger charge is -2.32. The van der Waals surface area contributed by atoms with Crippen molar-refractivity contribution < 1.29 is 9.88 Å². The number of rotatable bonds is 2. The molecule has 2 N–H and O–H groups in total. The third-order valence-electron chi connectivity index (χ3n) is 2.83. The molecule has 5 heteroatoms. The van der Waals surface area contributed by atoms with Crippen LogP contribution in [-0.2, 0) is 9.88 Å². The first-order chi connectivity index (χ1) is 6.72.